The summed E-state index contributed by atoms with van der Waals surface area (Å²) >= 11 is 0. The Bertz CT molecular complexity index is 588. The van der Waals surface area contributed by atoms with Crippen molar-refractivity contribution in [3.63, 3.8) is 0 Å². The third-order valence-electron chi connectivity index (χ3n) is 2.20. The van der Waals surface area contributed by atoms with Crippen LogP contribution in [-0.2, 0) is 21.3 Å². The predicted molar refractivity (Wildman–Crippen MR) is 59.2 cm³/mol. The molecule has 18 heavy (non-hydrogen) atoms. The maximum atomic E-state index is 11.1. The van der Waals surface area contributed by atoms with Crippen molar-refractivity contribution in [3.05, 3.63) is 29.3 Å². The lowest BCUT2D eigenvalue weighted by atomic mass is 10.1. The van der Waals surface area contributed by atoms with Crippen molar-refractivity contribution in [3.8, 4) is 0 Å². The van der Waals surface area contributed by atoms with Gasteiger partial charge in [-0.05, 0) is 24.1 Å². The van der Waals surface area contributed by atoms with Gasteiger partial charge in [0.1, 0.15) is 0 Å². The van der Waals surface area contributed by atoms with Crippen LogP contribution in [0.1, 0.15) is 22.3 Å². The van der Waals surface area contributed by atoms with Crippen molar-refractivity contribution in [2.75, 3.05) is 0 Å². The van der Waals surface area contributed by atoms with E-state index in [1.54, 1.807) is 0 Å². The van der Waals surface area contributed by atoms with Gasteiger partial charge < -0.3 is 10.2 Å². The first kappa shape index (κ1) is 14.1. The third-order valence-corrected chi connectivity index (χ3v) is 3.14. The summed E-state index contributed by atoms with van der Waals surface area (Å²) in [7, 11) is -4.59. The van der Waals surface area contributed by atoms with E-state index in [4.69, 9.17) is 14.8 Å². The van der Waals surface area contributed by atoms with Gasteiger partial charge in [-0.25, -0.2) is 4.79 Å². The van der Waals surface area contributed by atoms with Crippen molar-refractivity contribution in [1.82, 2.24) is 0 Å². The molecule has 1 aromatic rings. The summed E-state index contributed by atoms with van der Waals surface area (Å²) in [6.07, 6.45) is -0.445. The molecule has 98 valence electrons. The van der Waals surface area contributed by atoms with Crippen molar-refractivity contribution >= 4 is 22.1 Å². The summed E-state index contributed by atoms with van der Waals surface area (Å²) in [4.78, 5) is 20.5. The minimum atomic E-state index is -4.59. The lowest BCUT2D eigenvalue weighted by Gasteiger charge is -2.07. The Morgan fingerprint density at radius 3 is 2.22 bits per heavy atom. The van der Waals surface area contributed by atoms with Crippen LogP contribution in [0.15, 0.2) is 23.1 Å². The van der Waals surface area contributed by atoms with Crippen LogP contribution in [0.2, 0.25) is 0 Å². The van der Waals surface area contributed by atoms with Gasteiger partial charge in [0.05, 0.1) is 10.5 Å². The second-order valence-corrected chi connectivity index (χ2v) is 4.89. The van der Waals surface area contributed by atoms with Gasteiger partial charge in [-0.2, -0.15) is 8.42 Å². The van der Waals surface area contributed by atoms with Crippen LogP contribution >= 0.6 is 0 Å². The Morgan fingerprint density at radius 1 is 1.17 bits per heavy atom. The summed E-state index contributed by atoms with van der Waals surface area (Å²) < 4.78 is 31.1. The number of carbonyl (C=O) groups is 2. The molecular formula is C10H10O7S. The molecule has 0 aliphatic rings. The molecule has 1 rings (SSSR count). The highest BCUT2D eigenvalue weighted by Crippen LogP contribution is 2.19. The van der Waals surface area contributed by atoms with E-state index in [1.165, 1.54) is 6.07 Å². The molecule has 0 fully saturated rings. The summed E-state index contributed by atoms with van der Waals surface area (Å²) in [6, 6.07) is 3.12. The number of aryl methyl sites for hydroxylation is 1. The molecule has 0 aliphatic carbocycles. The Balaban J connectivity index is 3.26. The topological polar surface area (TPSA) is 129 Å². The summed E-state index contributed by atoms with van der Waals surface area (Å²) in [5.74, 6) is -2.47. The zero-order chi connectivity index (χ0) is 13.9. The van der Waals surface area contributed by atoms with Crippen LogP contribution < -0.4 is 0 Å². The predicted octanol–water partition coefficient (Wildman–Crippen LogP) is 0.649. The van der Waals surface area contributed by atoms with Crippen LogP contribution in [0.25, 0.3) is 0 Å². The van der Waals surface area contributed by atoms with Crippen LogP contribution in [0.5, 0.6) is 0 Å². The number of rotatable bonds is 5. The van der Waals surface area contributed by atoms with E-state index in [1.807, 2.05) is 0 Å². The van der Waals surface area contributed by atoms with Crippen LogP contribution in [-0.4, -0.2) is 35.1 Å². The lowest BCUT2D eigenvalue weighted by molar-refractivity contribution is -0.136. The second kappa shape index (κ2) is 5.15. The molecule has 0 aliphatic heterocycles. The fraction of sp³-hybridized carbons (Fsp3) is 0.200. The average molecular weight is 274 g/mol. The first-order chi connectivity index (χ1) is 8.21. The molecule has 0 saturated carbocycles. The molecule has 0 atom stereocenters. The minimum Gasteiger partial charge on any atom is -0.481 e. The van der Waals surface area contributed by atoms with Crippen LogP contribution in [0.3, 0.4) is 0 Å². The number of hydrogen-bond donors (Lipinski definition) is 3. The number of hydrogen-bond acceptors (Lipinski definition) is 4. The Hall–Kier alpha value is -1.93. The fourth-order valence-electron chi connectivity index (χ4n) is 1.38. The lowest BCUT2D eigenvalue weighted by Crippen LogP contribution is -2.08. The van der Waals surface area contributed by atoms with Gasteiger partial charge >= 0.3 is 11.9 Å². The average Bonchev–Trinajstić information content (AvgIpc) is 2.24. The second-order valence-electron chi connectivity index (χ2n) is 3.50. The quantitative estimate of drug-likeness (QED) is 0.672. The molecule has 0 spiro atoms. The maximum absolute atomic E-state index is 11.1. The molecular weight excluding hydrogens is 264 g/mol. The van der Waals surface area contributed by atoms with E-state index in [0.29, 0.717) is 0 Å². The summed E-state index contributed by atoms with van der Waals surface area (Å²) in [5.41, 5.74) is -0.244. The Morgan fingerprint density at radius 2 is 1.78 bits per heavy atom. The van der Waals surface area contributed by atoms with Crippen LogP contribution in [0, 0.1) is 0 Å². The minimum absolute atomic E-state index is 0.0601. The van der Waals surface area contributed by atoms with E-state index in [2.05, 4.69) is 0 Å². The normalized spacial score (nSPS) is 11.2. The van der Waals surface area contributed by atoms with Crippen molar-refractivity contribution in [1.29, 1.82) is 0 Å². The van der Waals surface area contributed by atoms with Crippen molar-refractivity contribution in [2.24, 2.45) is 0 Å². The highest BCUT2D eigenvalue weighted by Gasteiger charge is 2.18. The molecule has 0 saturated heterocycles. The van der Waals surface area contributed by atoms with Gasteiger partial charge in [0, 0.05) is 6.42 Å². The monoisotopic (exact) mass is 274 g/mol. The SMILES string of the molecule is O=C(O)CCc1ccc(C(=O)O)cc1S(=O)(=O)O. The fourth-order valence-corrected chi connectivity index (χ4v) is 2.15. The zero-order valence-corrected chi connectivity index (χ0v) is 9.85. The summed E-state index contributed by atoms with van der Waals surface area (Å²) in [5, 5.41) is 17.2. The Kier molecular flexibility index (Phi) is 4.04. The smallest absolute Gasteiger partial charge is 0.335 e. The number of aliphatic carboxylic acids is 1. The largest absolute Gasteiger partial charge is 0.481 e. The van der Waals surface area contributed by atoms with Crippen molar-refractivity contribution in [2.45, 2.75) is 17.7 Å². The zero-order valence-electron chi connectivity index (χ0n) is 9.03. The standard InChI is InChI=1S/C10H10O7S/c11-9(12)4-3-6-1-2-7(10(13)14)5-8(6)18(15,16)17/h1-2,5H,3-4H2,(H,11,12)(H,13,14)(H,15,16,17). The molecule has 0 bridgehead atoms. The molecule has 8 heteroatoms. The number of aromatic carboxylic acids is 1. The highest BCUT2D eigenvalue weighted by molar-refractivity contribution is 7.85. The van der Waals surface area contributed by atoms with E-state index in [0.717, 1.165) is 12.1 Å². The molecule has 0 radical (unpaired) electrons. The van der Waals surface area contributed by atoms with E-state index in [9.17, 15) is 18.0 Å². The molecule has 0 aromatic heterocycles. The Labute approximate surface area is 102 Å². The van der Waals surface area contributed by atoms with Crippen molar-refractivity contribution < 1.29 is 32.8 Å². The van der Waals surface area contributed by atoms with Gasteiger partial charge in [-0.15, -0.1) is 0 Å². The van der Waals surface area contributed by atoms with E-state index in [-0.39, 0.29) is 24.0 Å². The maximum Gasteiger partial charge on any atom is 0.335 e. The molecule has 0 heterocycles. The van der Waals surface area contributed by atoms with Gasteiger partial charge in [0.25, 0.3) is 10.1 Å². The first-order valence-electron chi connectivity index (χ1n) is 4.77. The van der Waals surface area contributed by atoms with Gasteiger partial charge in [0.2, 0.25) is 0 Å². The molecule has 0 amide bonds. The van der Waals surface area contributed by atoms with E-state index < -0.39 is 27.0 Å². The van der Waals surface area contributed by atoms with Gasteiger partial charge in [-0.1, -0.05) is 6.07 Å². The molecule has 1 aromatic carbocycles. The number of carboxylic acids is 2. The molecule has 0 unspecified atom stereocenters. The highest BCUT2D eigenvalue weighted by atomic mass is 32.2. The molecule has 7 nitrogen and oxygen atoms in total. The van der Waals surface area contributed by atoms with Crippen LogP contribution in [0.4, 0.5) is 0 Å². The van der Waals surface area contributed by atoms with Gasteiger partial charge in [-0.3, -0.25) is 9.35 Å². The molecule has 3 N–H and O–H groups in total. The first-order valence-corrected chi connectivity index (χ1v) is 6.21. The van der Waals surface area contributed by atoms with Gasteiger partial charge in [0.15, 0.2) is 0 Å². The summed E-state index contributed by atoms with van der Waals surface area (Å²) in [6.45, 7) is 0. The third kappa shape index (κ3) is 3.54. The number of benzene rings is 1. The van der Waals surface area contributed by atoms with E-state index >= 15 is 0 Å². The number of carboxylic acid groups (broad SMARTS) is 2.